The number of ketones is 1. The zero-order valence-electron chi connectivity index (χ0n) is 9.27. The summed E-state index contributed by atoms with van der Waals surface area (Å²) in [5.74, 6) is 0.989. The van der Waals surface area contributed by atoms with Crippen LogP contribution in [0, 0.1) is 0 Å². The number of carbonyl (C=O) groups excluding carboxylic acids is 1. The van der Waals surface area contributed by atoms with E-state index in [4.69, 9.17) is 8.83 Å². The van der Waals surface area contributed by atoms with E-state index in [1.54, 1.807) is 24.7 Å². The summed E-state index contributed by atoms with van der Waals surface area (Å²) in [6.07, 6.45) is 3.32. The molecule has 0 saturated carbocycles. The van der Waals surface area contributed by atoms with E-state index in [1.165, 1.54) is 6.92 Å². The van der Waals surface area contributed by atoms with Crippen molar-refractivity contribution < 1.29 is 13.6 Å². The third kappa shape index (κ3) is 2.16. The number of carbonyl (C=O) groups is 1. The largest absolute Gasteiger partial charge is 0.472 e. The minimum absolute atomic E-state index is 0.0667. The highest BCUT2D eigenvalue weighted by molar-refractivity contribution is 5.91. The molecular formula is C12H13NO3. The fourth-order valence-corrected chi connectivity index (χ4v) is 1.46. The van der Waals surface area contributed by atoms with Crippen LogP contribution in [0.1, 0.15) is 23.0 Å². The van der Waals surface area contributed by atoms with E-state index in [2.05, 4.69) is 0 Å². The van der Waals surface area contributed by atoms with Gasteiger partial charge in [0.25, 0.3) is 0 Å². The summed E-state index contributed by atoms with van der Waals surface area (Å²) < 4.78 is 10.4. The van der Waals surface area contributed by atoms with E-state index in [9.17, 15) is 4.79 Å². The average Bonchev–Trinajstić information content (AvgIpc) is 2.86. The molecule has 0 fully saturated rings. The molecule has 0 aromatic carbocycles. The molecule has 2 aromatic heterocycles. The Morgan fingerprint density at radius 2 is 2.19 bits per heavy atom. The molecule has 0 unspecified atom stereocenters. The summed E-state index contributed by atoms with van der Waals surface area (Å²) in [5, 5.41) is 0. The van der Waals surface area contributed by atoms with Crippen LogP contribution in [0.5, 0.6) is 0 Å². The molecule has 0 saturated heterocycles. The second kappa shape index (κ2) is 4.26. The lowest BCUT2D eigenvalue weighted by Crippen LogP contribution is -2.14. The second-order valence-corrected chi connectivity index (χ2v) is 3.68. The molecule has 16 heavy (non-hydrogen) atoms. The maximum atomic E-state index is 11.1. The fourth-order valence-electron chi connectivity index (χ4n) is 1.46. The lowest BCUT2D eigenvalue weighted by molar-refractivity contribution is 0.0988. The molecule has 0 bridgehead atoms. The molecule has 0 spiro atoms. The van der Waals surface area contributed by atoms with Crippen LogP contribution in [0.3, 0.4) is 0 Å². The van der Waals surface area contributed by atoms with E-state index in [0.29, 0.717) is 18.2 Å². The van der Waals surface area contributed by atoms with Crippen molar-refractivity contribution in [3.8, 4) is 0 Å². The Balaban J connectivity index is 2.08. The molecule has 0 amide bonds. The Morgan fingerprint density at radius 3 is 2.75 bits per heavy atom. The first-order valence-electron chi connectivity index (χ1n) is 5.00. The third-order valence-electron chi connectivity index (χ3n) is 2.31. The van der Waals surface area contributed by atoms with Gasteiger partial charge in [0.05, 0.1) is 12.5 Å². The minimum atomic E-state index is -0.0667. The predicted molar refractivity (Wildman–Crippen MR) is 59.5 cm³/mol. The predicted octanol–water partition coefficient (Wildman–Crippen LogP) is 2.71. The van der Waals surface area contributed by atoms with Crippen molar-refractivity contribution in [2.45, 2.75) is 13.5 Å². The number of hydrogen-bond acceptors (Lipinski definition) is 4. The molecule has 0 aliphatic carbocycles. The number of furan rings is 2. The SMILES string of the molecule is CC(=O)c1ccc(N(C)Cc2ccoc2)o1. The Hall–Kier alpha value is -1.97. The highest BCUT2D eigenvalue weighted by Gasteiger charge is 2.10. The van der Waals surface area contributed by atoms with Gasteiger partial charge < -0.3 is 13.7 Å². The molecular weight excluding hydrogens is 206 g/mol. The lowest BCUT2D eigenvalue weighted by atomic mass is 10.3. The maximum absolute atomic E-state index is 11.1. The quantitative estimate of drug-likeness (QED) is 0.742. The Labute approximate surface area is 93.5 Å². The van der Waals surface area contributed by atoms with Gasteiger partial charge >= 0.3 is 0 Å². The second-order valence-electron chi connectivity index (χ2n) is 3.68. The van der Waals surface area contributed by atoms with Gasteiger partial charge in [-0.25, -0.2) is 0 Å². The fraction of sp³-hybridized carbons (Fsp3) is 0.250. The number of hydrogen-bond donors (Lipinski definition) is 0. The third-order valence-corrected chi connectivity index (χ3v) is 2.31. The number of rotatable bonds is 4. The van der Waals surface area contributed by atoms with E-state index in [0.717, 1.165) is 5.56 Å². The Morgan fingerprint density at radius 1 is 1.38 bits per heavy atom. The van der Waals surface area contributed by atoms with E-state index in [1.807, 2.05) is 18.0 Å². The smallest absolute Gasteiger partial charge is 0.196 e. The summed E-state index contributed by atoms with van der Waals surface area (Å²) in [6.45, 7) is 2.17. The minimum Gasteiger partial charge on any atom is -0.472 e. The summed E-state index contributed by atoms with van der Waals surface area (Å²) in [4.78, 5) is 13.0. The van der Waals surface area contributed by atoms with E-state index >= 15 is 0 Å². The van der Waals surface area contributed by atoms with Gasteiger partial charge in [0.1, 0.15) is 0 Å². The molecule has 0 aliphatic rings. The number of anilines is 1. The molecule has 2 heterocycles. The molecule has 84 valence electrons. The molecule has 0 radical (unpaired) electrons. The van der Waals surface area contributed by atoms with Gasteiger partial charge in [0.2, 0.25) is 0 Å². The van der Waals surface area contributed by atoms with Crippen LogP contribution >= 0.6 is 0 Å². The van der Waals surface area contributed by atoms with Crippen LogP contribution in [-0.2, 0) is 6.54 Å². The monoisotopic (exact) mass is 219 g/mol. The van der Waals surface area contributed by atoms with Crippen LogP contribution in [0.25, 0.3) is 0 Å². The van der Waals surface area contributed by atoms with Gasteiger partial charge in [-0.3, -0.25) is 4.79 Å². The van der Waals surface area contributed by atoms with Crippen molar-refractivity contribution in [2.75, 3.05) is 11.9 Å². The van der Waals surface area contributed by atoms with Crippen molar-refractivity contribution in [2.24, 2.45) is 0 Å². The van der Waals surface area contributed by atoms with Crippen molar-refractivity contribution >= 4 is 11.7 Å². The first-order chi connectivity index (χ1) is 7.66. The average molecular weight is 219 g/mol. The van der Waals surface area contributed by atoms with E-state index < -0.39 is 0 Å². The van der Waals surface area contributed by atoms with Crippen LogP contribution in [0.2, 0.25) is 0 Å². The molecule has 2 rings (SSSR count). The van der Waals surface area contributed by atoms with Gasteiger partial charge in [0, 0.05) is 32.1 Å². The molecule has 4 nitrogen and oxygen atoms in total. The van der Waals surface area contributed by atoms with Crippen molar-refractivity contribution in [3.05, 3.63) is 42.0 Å². The summed E-state index contributed by atoms with van der Waals surface area (Å²) >= 11 is 0. The topological polar surface area (TPSA) is 46.6 Å². The van der Waals surface area contributed by atoms with Crippen LogP contribution in [0.4, 0.5) is 5.88 Å². The number of nitrogens with zero attached hydrogens (tertiary/aromatic N) is 1. The van der Waals surface area contributed by atoms with Crippen LogP contribution < -0.4 is 4.90 Å². The van der Waals surface area contributed by atoms with Crippen molar-refractivity contribution in [1.82, 2.24) is 0 Å². The highest BCUT2D eigenvalue weighted by atomic mass is 16.4. The Kier molecular flexibility index (Phi) is 2.81. The zero-order valence-corrected chi connectivity index (χ0v) is 9.27. The highest BCUT2D eigenvalue weighted by Crippen LogP contribution is 2.19. The van der Waals surface area contributed by atoms with Gasteiger partial charge in [-0.1, -0.05) is 0 Å². The van der Waals surface area contributed by atoms with E-state index in [-0.39, 0.29) is 5.78 Å². The van der Waals surface area contributed by atoms with Crippen LogP contribution in [0.15, 0.2) is 39.6 Å². The van der Waals surface area contributed by atoms with Crippen molar-refractivity contribution in [1.29, 1.82) is 0 Å². The summed E-state index contributed by atoms with van der Waals surface area (Å²) in [6, 6.07) is 5.37. The Bertz CT molecular complexity index is 470. The van der Waals surface area contributed by atoms with Gasteiger partial charge in [-0.05, 0) is 12.1 Å². The normalized spacial score (nSPS) is 10.4. The molecule has 0 N–H and O–H groups in total. The molecule has 0 aliphatic heterocycles. The zero-order chi connectivity index (χ0) is 11.5. The lowest BCUT2D eigenvalue weighted by Gasteiger charge is -2.14. The summed E-state index contributed by atoms with van der Waals surface area (Å²) in [7, 11) is 1.90. The molecule has 4 heteroatoms. The van der Waals surface area contributed by atoms with Crippen molar-refractivity contribution in [3.63, 3.8) is 0 Å². The first-order valence-corrected chi connectivity index (χ1v) is 5.00. The standard InChI is InChI=1S/C12H13NO3/c1-9(14)11-3-4-12(16-11)13(2)7-10-5-6-15-8-10/h3-6,8H,7H2,1-2H3. The van der Waals surface area contributed by atoms with Gasteiger partial charge in [-0.2, -0.15) is 0 Å². The first kappa shape index (κ1) is 10.5. The van der Waals surface area contributed by atoms with Crippen LogP contribution in [-0.4, -0.2) is 12.8 Å². The molecule has 0 atom stereocenters. The van der Waals surface area contributed by atoms with Gasteiger partial charge in [0.15, 0.2) is 17.4 Å². The van der Waals surface area contributed by atoms with Gasteiger partial charge in [-0.15, -0.1) is 0 Å². The number of Topliss-reactive ketones (excluding diaryl/α,β-unsaturated/α-hetero) is 1. The molecule has 2 aromatic rings. The summed E-state index contributed by atoms with van der Waals surface area (Å²) in [5.41, 5.74) is 1.06. The maximum Gasteiger partial charge on any atom is 0.196 e.